The maximum absolute atomic E-state index is 11.9. The number of thioether (sulfide) groups is 1. The van der Waals surface area contributed by atoms with Gasteiger partial charge in [0.2, 0.25) is 0 Å². The Morgan fingerprint density at radius 3 is 2.88 bits per heavy atom. The molecule has 0 fully saturated rings. The van der Waals surface area contributed by atoms with Gasteiger partial charge in [-0.2, -0.15) is 5.10 Å². The third kappa shape index (κ3) is 4.75. The quantitative estimate of drug-likeness (QED) is 0.379. The molecule has 5 nitrogen and oxygen atoms in total. The second-order valence-corrected chi connectivity index (χ2v) is 8.29. The van der Waals surface area contributed by atoms with E-state index >= 15 is 0 Å². The summed E-state index contributed by atoms with van der Waals surface area (Å²) < 4.78 is 1.98. The molecule has 0 aliphatic rings. The Hall–Kier alpha value is -2.09. The van der Waals surface area contributed by atoms with Gasteiger partial charge >= 0.3 is 0 Å². The van der Waals surface area contributed by atoms with Crippen LogP contribution in [0, 0.1) is 0 Å². The van der Waals surface area contributed by atoms with Gasteiger partial charge in [0, 0.05) is 25.3 Å². The van der Waals surface area contributed by atoms with Gasteiger partial charge in [-0.1, -0.05) is 35.5 Å². The van der Waals surface area contributed by atoms with E-state index in [0.29, 0.717) is 5.02 Å². The van der Waals surface area contributed by atoms with Crippen LogP contribution in [0.3, 0.4) is 0 Å². The fourth-order valence-electron chi connectivity index (χ4n) is 2.15. The molecule has 0 saturated heterocycles. The number of thiazole rings is 1. The van der Waals surface area contributed by atoms with Crippen molar-refractivity contribution < 1.29 is 4.79 Å². The van der Waals surface area contributed by atoms with Crippen molar-refractivity contribution in [3.63, 3.8) is 0 Å². The number of amides is 1. The minimum Gasteiger partial charge on any atom is -0.378 e. The molecule has 134 valence electrons. The lowest BCUT2D eigenvalue weighted by molar-refractivity contribution is -0.118. The zero-order chi connectivity index (χ0) is 18.5. The van der Waals surface area contributed by atoms with E-state index in [0.717, 1.165) is 25.8 Å². The molecule has 1 N–H and O–H groups in total. The first-order chi connectivity index (χ1) is 12.5. The molecule has 0 unspecified atom stereocenters. The van der Waals surface area contributed by atoms with Crippen molar-refractivity contribution in [1.29, 1.82) is 0 Å². The molecule has 26 heavy (non-hydrogen) atoms. The first kappa shape index (κ1) is 18.7. The second-order valence-electron chi connectivity index (χ2n) is 5.63. The molecule has 0 aliphatic heterocycles. The molecule has 0 radical (unpaired) electrons. The Morgan fingerprint density at radius 2 is 2.15 bits per heavy atom. The number of fused-ring (bicyclic) bond motifs is 1. The van der Waals surface area contributed by atoms with Crippen molar-refractivity contribution >= 4 is 62.7 Å². The molecule has 0 aliphatic carbocycles. The van der Waals surface area contributed by atoms with Gasteiger partial charge in [-0.05, 0) is 30.3 Å². The summed E-state index contributed by atoms with van der Waals surface area (Å²) in [6.45, 7) is 0. The van der Waals surface area contributed by atoms with Gasteiger partial charge in [-0.3, -0.25) is 4.79 Å². The number of nitrogens with zero attached hydrogens (tertiary/aromatic N) is 3. The van der Waals surface area contributed by atoms with Crippen LogP contribution in [-0.2, 0) is 4.79 Å². The van der Waals surface area contributed by atoms with Gasteiger partial charge in [0.05, 0.1) is 27.2 Å². The van der Waals surface area contributed by atoms with Crippen LogP contribution in [0.25, 0.3) is 10.2 Å². The molecule has 8 heteroatoms. The monoisotopic (exact) mass is 404 g/mol. The van der Waals surface area contributed by atoms with E-state index in [2.05, 4.69) is 15.5 Å². The van der Waals surface area contributed by atoms with Crippen molar-refractivity contribution in [3.05, 3.63) is 53.1 Å². The topological polar surface area (TPSA) is 57.6 Å². The molecule has 0 spiro atoms. The van der Waals surface area contributed by atoms with Crippen LogP contribution in [0.15, 0.2) is 51.9 Å². The van der Waals surface area contributed by atoms with Gasteiger partial charge in [0.15, 0.2) is 4.34 Å². The first-order valence-corrected chi connectivity index (χ1v) is 9.98. The maximum Gasteiger partial charge on any atom is 0.250 e. The van der Waals surface area contributed by atoms with E-state index in [1.54, 1.807) is 17.6 Å². The first-order valence-electron chi connectivity index (χ1n) is 7.80. The van der Waals surface area contributed by atoms with Crippen molar-refractivity contribution in [1.82, 2.24) is 10.4 Å². The highest BCUT2D eigenvalue weighted by Gasteiger charge is 2.07. The number of para-hydroxylation sites is 1. The molecule has 1 heterocycles. The Bertz CT molecular complexity index is 922. The number of carbonyl (C=O) groups is 1. The van der Waals surface area contributed by atoms with E-state index in [-0.39, 0.29) is 11.7 Å². The van der Waals surface area contributed by atoms with Crippen LogP contribution in [0.2, 0.25) is 5.02 Å². The molecular formula is C18H17ClN4OS2. The van der Waals surface area contributed by atoms with Gasteiger partial charge < -0.3 is 4.90 Å². The van der Waals surface area contributed by atoms with Gasteiger partial charge in [-0.25, -0.2) is 10.4 Å². The van der Waals surface area contributed by atoms with Crippen molar-refractivity contribution in [2.24, 2.45) is 5.10 Å². The third-order valence-electron chi connectivity index (χ3n) is 3.49. The average Bonchev–Trinajstić information content (AvgIpc) is 3.04. The molecule has 2 aromatic carbocycles. The zero-order valence-electron chi connectivity index (χ0n) is 14.3. The summed E-state index contributed by atoms with van der Waals surface area (Å²) in [6.07, 6.45) is 1.54. The lowest BCUT2D eigenvalue weighted by Crippen LogP contribution is -2.19. The average molecular weight is 405 g/mol. The van der Waals surface area contributed by atoms with Crippen molar-refractivity contribution in [3.8, 4) is 0 Å². The summed E-state index contributed by atoms with van der Waals surface area (Å²) in [6, 6.07) is 13.6. The van der Waals surface area contributed by atoms with Crippen LogP contribution >= 0.6 is 34.7 Å². The number of nitrogens with one attached hydrogen (secondary N) is 1. The largest absolute Gasteiger partial charge is 0.378 e. The number of rotatable bonds is 6. The molecule has 0 bridgehead atoms. The number of benzene rings is 2. The Kier molecular flexibility index (Phi) is 6.13. The number of aromatic nitrogens is 1. The summed E-state index contributed by atoms with van der Waals surface area (Å²) >= 11 is 9.20. The number of carbonyl (C=O) groups excluding carboxylic acids is 1. The predicted octanol–water partition coefficient (Wildman–Crippen LogP) is 4.26. The highest BCUT2D eigenvalue weighted by molar-refractivity contribution is 8.01. The molecular weight excluding hydrogens is 388 g/mol. The van der Waals surface area contributed by atoms with Crippen LogP contribution in [0.4, 0.5) is 5.69 Å². The van der Waals surface area contributed by atoms with E-state index in [4.69, 9.17) is 11.6 Å². The van der Waals surface area contributed by atoms with Gasteiger partial charge in [-0.15, -0.1) is 11.3 Å². The summed E-state index contributed by atoms with van der Waals surface area (Å²) in [4.78, 5) is 18.4. The summed E-state index contributed by atoms with van der Waals surface area (Å²) in [5, 5.41) is 4.56. The van der Waals surface area contributed by atoms with Gasteiger partial charge in [0.25, 0.3) is 5.91 Å². The van der Waals surface area contributed by atoms with Crippen molar-refractivity contribution in [2.75, 3.05) is 24.7 Å². The summed E-state index contributed by atoms with van der Waals surface area (Å²) in [7, 11) is 3.89. The number of anilines is 1. The van der Waals surface area contributed by atoms with Crippen LogP contribution in [0.5, 0.6) is 0 Å². The predicted molar refractivity (Wildman–Crippen MR) is 112 cm³/mol. The number of halogens is 1. The highest BCUT2D eigenvalue weighted by atomic mass is 35.5. The lowest BCUT2D eigenvalue weighted by Gasteiger charge is -2.12. The smallest absolute Gasteiger partial charge is 0.250 e. The third-order valence-corrected chi connectivity index (χ3v) is 6.00. The number of hydrogen-bond acceptors (Lipinski definition) is 6. The second kappa shape index (κ2) is 8.53. The Morgan fingerprint density at radius 1 is 1.35 bits per heavy atom. The van der Waals surface area contributed by atoms with Crippen LogP contribution < -0.4 is 10.3 Å². The summed E-state index contributed by atoms with van der Waals surface area (Å²) in [5.41, 5.74) is 5.22. The summed E-state index contributed by atoms with van der Waals surface area (Å²) in [5.74, 6) is 0.0660. The highest BCUT2D eigenvalue weighted by Crippen LogP contribution is 2.29. The zero-order valence-corrected chi connectivity index (χ0v) is 16.7. The Labute approximate surface area is 165 Å². The Balaban J connectivity index is 1.53. The minimum atomic E-state index is -0.188. The van der Waals surface area contributed by atoms with E-state index in [1.165, 1.54) is 11.8 Å². The fraction of sp³-hybridized carbons (Fsp3) is 0.167. The van der Waals surface area contributed by atoms with Crippen LogP contribution in [0.1, 0.15) is 5.56 Å². The molecule has 3 rings (SSSR count). The van der Waals surface area contributed by atoms with E-state index < -0.39 is 0 Å². The van der Waals surface area contributed by atoms with Crippen LogP contribution in [-0.4, -0.2) is 37.0 Å². The molecule has 0 saturated carbocycles. The number of hydrogen-bond donors (Lipinski definition) is 1. The SMILES string of the molecule is CN(C)c1ccc(C=NNC(=O)CSc2nc3ccccc3s2)c(Cl)c1. The molecule has 3 aromatic rings. The van der Waals surface area contributed by atoms with E-state index in [1.807, 2.05) is 61.5 Å². The fourth-order valence-corrected chi connectivity index (χ4v) is 4.23. The normalized spacial score (nSPS) is 11.2. The number of hydrazone groups is 1. The van der Waals surface area contributed by atoms with Crippen molar-refractivity contribution in [2.45, 2.75) is 4.34 Å². The lowest BCUT2D eigenvalue weighted by atomic mass is 10.2. The standard InChI is InChI=1S/C18H17ClN4OS2/c1-23(2)13-8-7-12(14(19)9-13)10-20-22-17(24)11-25-18-21-15-5-3-4-6-16(15)26-18/h3-10H,11H2,1-2H3,(H,22,24). The molecule has 1 aromatic heterocycles. The van der Waals surface area contributed by atoms with E-state index in [9.17, 15) is 4.79 Å². The van der Waals surface area contributed by atoms with Gasteiger partial charge in [0.1, 0.15) is 0 Å². The molecule has 1 amide bonds. The molecule has 0 atom stereocenters. The maximum atomic E-state index is 11.9. The minimum absolute atomic E-state index is 0.188.